The largest absolute Gasteiger partial charge is 0.477 e. The third-order valence-corrected chi connectivity index (χ3v) is 6.94. The number of nitrogens with zero attached hydrogens (tertiary/aromatic N) is 6. The fourth-order valence-corrected chi connectivity index (χ4v) is 4.77. The minimum absolute atomic E-state index is 0.218. The number of aryl methyl sites for hydroxylation is 1. The highest BCUT2D eigenvalue weighted by Crippen LogP contribution is 2.35. The fourth-order valence-electron chi connectivity index (χ4n) is 3.84. The van der Waals surface area contributed by atoms with E-state index in [0.717, 1.165) is 11.1 Å². The number of pyridine rings is 1. The lowest BCUT2D eigenvalue weighted by Crippen LogP contribution is -2.33. The molecule has 0 saturated carbocycles. The number of thiazole rings is 1. The summed E-state index contributed by atoms with van der Waals surface area (Å²) in [6.45, 7) is 7.22. The van der Waals surface area contributed by atoms with E-state index in [9.17, 15) is 9.18 Å². The number of hydrogen-bond acceptors (Lipinski definition) is 12. The molecule has 5 rings (SSSR count). The van der Waals surface area contributed by atoms with Crippen molar-refractivity contribution >= 4 is 44.5 Å². The SMILES string of the molecule is CCOc1cnc2c(-c3nc4cc(F)c(O[C@@H](C)[C@@H](C)OC(=O)Nc5cnc(CO)nc5)nc4s3)cc(C)cc2n1. The molecule has 0 bridgehead atoms. The van der Waals surface area contributed by atoms with Gasteiger partial charge in [-0.05, 0) is 45.4 Å². The van der Waals surface area contributed by atoms with Crippen LogP contribution in [0, 0.1) is 12.7 Å². The molecule has 1 amide bonds. The summed E-state index contributed by atoms with van der Waals surface area (Å²) in [6, 6.07) is 5.12. The molecular weight excluding hydrogens is 553 g/mol. The summed E-state index contributed by atoms with van der Waals surface area (Å²) in [5.74, 6) is -0.286. The molecule has 0 fully saturated rings. The minimum atomic E-state index is -0.772. The molecule has 0 radical (unpaired) electrons. The van der Waals surface area contributed by atoms with Gasteiger partial charge >= 0.3 is 6.09 Å². The molecule has 0 aliphatic carbocycles. The molecular formula is C27H26FN7O5S. The van der Waals surface area contributed by atoms with Crippen LogP contribution < -0.4 is 14.8 Å². The van der Waals surface area contributed by atoms with Crippen molar-refractivity contribution in [1.29, 1.82) is 0 Å². The van der Waals surface area contributed by atoms with Gasteiger partial charge in [0.1, 0.15) is 34.2 Å². The smallest absolute Gasteiger partial charge is 0.412 e. The summed E-state index contributed by atoms with van der Waals surface area (Å²) in [7, 11) is 0. The first kappa shape index (κ1) is 28.0. The second-order valence-corrected chi connectivity index (χ2v) is 10.0. The van der Waals surface area contributed by atoms with Gasteiger partial charge in [-0.3, -0.25) is 5.32 Å². The fraction of sp³-hybridized carbons (Fsp3) is 0.296. The standard InChI is InChI=1S/C27H26FN7O5S/c1-5-38-22-11-31-23-17(6-13(2)7-19(23)33-22)25-34-20-8-18(28)24(35-26(20)41-25)39-14(3)15(4)40-27(37)32-16-9-29-21(12-36)30-10-16/h6-11,14-15,36H,5,12H2,1-4H3,(H,32,37)/t14-,15+/m0/s1. The Labute approximate surface area is 237 Å². The number of rotatable bonds is 9. The molecule has 0 aliphatic heterocycles. The summed E-state index contributed by atoms with van der Waals surface area (Å²) in [4.78, 5) is 38.5. The average molecular weight is 580 g/mol. The molecule has 2 atom stereocenters. The number of aromatic nitrogens is 6. The maximum Gasteiger partial charge on any atom is 0.412 e. The van der Waals surface area contributed by atoms with Gasteiger partial charge in [-0.25, -0.2) is 34.1 Å². The Kier molecular flexibility index (Phi) is 8.12. The Hall–Kier alpha value is -4.56. The summed E-state index contributed by atoms with van der Waals surface area (Å²) in [6.07, 6.45) is 1.97. The normalized spacial score (nSPS) is 12.7. The molecule has 4 heterocycles. The zero-order valence-electron chi connectivity index (χ0n) is 22.6. The van der Waals surface area contributed by atoms with Crippen molar-refractivity contribution in [3.63, 3.8) is 0 Å². The van der Waals surface area contributed by atoms with Crippen LogP contribution in [0.2, 0.25) is 0 Å². The lowest BCUT2D eigenvalue weighted by Gasteiger charge is -2.21. The first-order valence-corrected chi connectivity index (χ1v) is 13.5. The van der Waals surface area contributed by atoms with Crippen molar-refractivity contribution in [3.8, 4) is 22.3 Å². The topological polar surface area (TPSA) is 154 Å². The zero-order chi connectivity index (χ0) is 29.1. The zero-order valence-corrected chi connectivity index (χ0v) is 23.4. The molecule has 4 aromatic heterocycles. The molecule has 212 valence electrons. The molecule has 0 unspecified atom stereocenters. The molecule has 5 aromatic rings. The average Bonchev–Trinajstić information content (AvgIpc) is 3.35. The van der Waals surface area contributed by atoms with E-state index in [-0.39, 0.29) is 24.0 Å². The van der Waals surface area contributed by atoms with Gasteiger partial charge in [-0.15, -0.1) is 0 Å². The van der Waals surface area contributed by atoms with Gasteiger partial charge in [0.15, 0.2) is 11.6 Å². The number of amides is 1. The third-order valence-electron chi connectivity index (χ3n) is 5.94. The second kappa shape index (κ2) is 11.9. The third kappa shape index (κ3) is 6.28. The summed E-state index contributed by atoms with van der Waals surface area (Å²) >= 11 is 1.27. The van der Waals surface area contributed by atoms with Crippen LogP contribution in [0.1, 0.15) is 32.2 Å². The highest BCUT2D eigenvalue weighted by atomic mass is 32.1. The predicted molar refractivity (Wildman–Crippen MR) is 149 cm³/mol. The number of carbonyl (C=O) groups is 1. The lowest BCUT2D eigenvalue weighted by atomic mass is 10.1. The number of aliphatic hydroxyl groups excluding tert-OH is 1. The van der Waals surface area contributed by atoms with Crippen molar-refractivity contribution in [2.45, 2.75) is 46.5 Å². The number of halogens is 1. The first-order chi connectivity index (χ1) is 19.7. The van der Waals surface area contributed by atoms with Crippen LogP contribution in [0.15, 0.2) is 36.8 Å². The van der Waals surface area contributed by atoms with Gasteiger partial charge in [0.05, 0.1) is 41.9 Å². The van der Waals surface area contributed by atoms with Gasteiger partial charge in [-0.1, -0.05) is 11.3 Å². The van der Waals surface area contributed by atoms with Gasteiger partial charge in [-0.2, -0.15) is 4.98 Å². The van der Waals surface area contributed by atoms with E-state index < -0.39 is 24.1 Å². The van der Waals surface area contributed by atoms with E-state index in [4.69, 9.17) is 19.3 Å². The number of nitrogens with one attached hydrogen (secondary N) is 1. The predicted octanol–water partition coefficient (Wildman–Crippen LogP) is 4.83. The van der Waals surface area contributed by atoms with E-state index in [1.165, 1.54) is 29.8 Å². The Bertz CT molecular complexity index is 1720. The van der Waals surface area contributed by atoms with Crippen molar-refractivity contribution in [2.24, 2.45) is 0 Å². The van der Waals surface area contributed by atoms with E-state index in [1.807, 2.05) is 26.0 Å². The molecule has 1 aromatic carbocycles. The molecule has 2 N–H and O–H groups in total. The highest BCUT2D eigenvalue weighted by Gasteiger charge is 2.23. The molecule has 0 aliphatic rings. The number of anilines is 1. The maximum absolute atomic E-state index is 15.0. The van der Waals surface area contributed by atoms with Crippen LogP contribution >= 0.6 is 11.3 Å². The number of aliphatic hydroxyl groups is 1. The number of hydrogen-bond donors (Lipinski definition) is 2. The molecule has 0 saturated heterocycles. The summed E-state index contributed by atoms with van der Waals surface area (Å²) in [5, 5.41) is 12.1. The number of fused-ring (bicyclic) bond motifs is 2. The van der Waals surface area contributed by atoms with E-state index >= 15 is 0 Å². The van der Waals surface area contributed by atoms with E-state index in [0.29, 0.717) is 38.9 Å². The molecule has 0 spiro atoms. The van der Waals surface area contributed by atoms with Gasteiger partial charge in [0.25, 0.3) is 5.88 Å². The van der Waals surface area contributed by atoms with Crippen molar-refractivity contribution in [2.75, 3.05) is 11.9 Å². The first-order valence-electron chi connectivity index (χ1n) is 12.7. The lowest BCUT2D eigenvalue weighted by molar-refractivity contribution is 0.0379. The van der Waals surface area contributed by atoms with Crippen LogP contribution in [-0.2, 0) is 11.3 Å². The number of ether oxygens (including phenoxy) is 3. The molecule has 14 heteroatoms. The maximum atomic E-state index is 15.0. The van der Waals surface area contributed by atoms with Crippen LogP contribution in [0.3, 0.4) is 0 Å². The Morgan fingerprint density at radius 2 is 1.83 bits per heavy atom. The Morgan fingerprint density at radius 1 is 1.05 bits per heavy atom. The quantitative estimate of drug-likeness (QED) is 0.247. The second-order valence-electron chi connectivity index (χ2n) is 9.04. The van der Waals surface area contributed by atoms with Gasteiger partial charge in [0, 0.05) is 11.6 Å². The van der Waals surface area contributed by atoms with Crippen LogP contribution in [0.25, 0.3) is 32.0 Å². The van der Waals surface area contributed by atoms with E-state index in [2.05, 4.69) is 35.2 Å². The van der Waals surface area contributed by atoms with Crippen LogP contribution in [-0.4, -0.2) is 59.9 Å². The summed E-state index contributed by atoms with van der Waals surface area (Å²) < 4.78 is 31.6. The van der Waals surface area contributed by atoms with Gasteiger partial charge in [0.2, 0.25) is 5.88 Å². The highest BCUT2D eigenvalue weighted by molar-refractivity contribution is 7.21. The minimum Gasteiger partial charge on any atom is -0.477 e. The molecule has 12 nitrogen and oxygen atoms in total. The molecule has 41 heavy (non-hydrogen) atoms. The van der Waals surface area contributed by atoms with Crippen LogP contribution in [0.4, 0.5) is 14.9 Å². The Morgan fingerprint density at radius 3 is 2.56 bits per heavy atom. The Balaban J connectivity index is 1.32. The van der Waals surface area contributed by atoms with Crippen molar-refractivity contribution in [3.05, 3.63) is 54.0 Å². The summed E-state index contributed by atoms with van der Waals surface area (Å²) in [5.41, 5.74) is 3.67. The number of carbonyl (C=O) groups excluding carboxylic acids is 1. The van der Waals surface area contributed by atoms with Gasteiger partial charge < -0.3 is 19.3 Å². The monoisotopic (exact) mass is 579 g/mol. The van der Waals surface area contributed by atoms with Crippen molar-refractivity contribution in [1.82, 2.24) is 29.9 Å². The van der Waals surface area contributed by atoms with E-state index in [1.54, 1.807) is 20.0 Å². The van der Waals surface area contributed by atoms with Crippen molar-refractivity contribution < 1.29 is 28.5 Å². The van der Waals surface area contributed by atoms with Crippen LogP contribution in [0.5, 0.6) is 11.8 Å². The number of benzene rings is 1.